The van der Waals surface area contributed by atoms with Gasteiger partial charge in [-0.3, -0.25) is 10.1 Å². The number of rotatable bonds is 6. The maximum Gasteiger partial charge on any atom is 0.241 e. The number of hydrogen-bond acceptors (Lipinski definition) is 7. The van der Waals surface area contributed by atoms with Crippen LogP contribution in [0.15, 0.2) is 33.5 Å². The predicted molar refractivity (Wildman–Crippen MR) is 105 cm³/mol. The smallest absolute Gasteiger partial charge is 0.241 e. The minimum atomic E-state index is -3.67. The molecule has 1 amide bonds. The quantitative estimate of drug-likeness (QED) is 0.729. The summed E-state index contributed by atoms with van der Waals surface area (Å²) < 4.78 is 25.4. The summed E-state index contributed by atoms with van der Waals surface area (Å²) in [5.41, 5.74) is 0.963. The molecule has 1 fully saturated rings. The van der Waals surface area contributed by atoms with Crippen molar-refractivity contribution in [3.8, 4) is 0 Å². The van der Waals surface area contributed by atoms with E-state index in [4.69, 9.17) is 0 Å². The van der Waals surface area contributed by atoms with Crippen LogP contribution in [0.5, 0.6) is 0 Å². The fraction of sp³-hybridized carbons (Fsp3) is 0.471. The van der Waals surface area contributed by atoms with E-state index in [1.807, 2.05) is 6.92 Å². The molecule has 0 unspecified atom stereocenters. The van der Waals surface area contributed by atoms with Crippen LogP contribution < -0.4 is 5.32 Å². The van der Waals surface area contributed by atoms with Crippen LogP contribution in [0.3, 0.4) is 0 Å². The average molecular weight is 412 g/mol. The molecule has 0 spiro atoms. The molecule has 26 heavy (non-hydrogen) atoms. The molecule has 1 aliphatic rings. The van der Waals surface area contributed by atoms with E-state index in [2.05, 4.69) is 15.5 Å². The first kappa shape index (κ1) is 19.3. The monoisotopic (exact) mass is 411 g/mol. The van der Waals surface area contributed by atoms with Gasteiger partial charge in [-0.1, -0.05) is 60.1 Å². The highest BCUT2D eigenvalue weighted by molar-refractivity contribution is 8.01. The molecule has 0 bridgehead atoms. The number of aryl methyl sites for hydroxylation is 1. The van der Waals surface area contributed by atoms with Gasteiger partial charge in [-0.25, -0.2) is 8.42 Å². The van der Waals surface area contributed by atoms with Gasteiger partial charge in [0.2, 0.25) is 11.0 Å². The summed E-state index contributed by atoms with van der Waals surface area (Å²) >= 11 is 2.99. The number of aromatic nitrogens is 2. The summed E-state index contributed by atoms with van der Waals surface area (Å²) in [4.78, 5) is 12.3. The molecule has 0 saturated heterocycles. The van der Waals surface area contributed by atoms with Crippen LogP contribution in [-0.4, -0.2) is 35.5 Å². The van der Waals surface area contributed by atoms with Crippen LogP contribution in [0.2, 0.25) is 0 Å². The first-order valence-electron chi connectivity index (χ1n) is 8.52. The summed E-state index contributed by atoms with van der Waals surface area (Å²) in [5, 5.41) is 11.5. The van der Waals surface area contributed by atoms with Crippen molar-refractivity contribution in [1.82, 2.24) is 10.2 Å². The second-order valence-corrected chi connectivity index (χ2v) is 10.9. The van der Waals surface area contributed by atoms with Crippen molar-refractivity contribution in [2.75, 3.05) is 11.1 Å². The van der Waals surface area contributed by atoms with Gasteiger partial charge in [0, 0.05) is 5.25 Å². The molecule has 6 nitrogen and oxygen atoms in total. The van der Waals surface area contributed by atoms with Gasteiger partial charge in [-0.2, -0.15) is 0 Å². The number of carbonyl (C=O) groups excluding carboxylic acids is 1. The van der Waals surface area contributed by atoms with Gasteiger partial charge in [0.15, 0.2) is 14.2 Å². The SMILES string of the molecule is Cc1ccc(S(=O)(=O)CC(=O)Nc2nnc(SC3CCCCC3)s2)cc1. The lowest BCUT2D eigenvalue weighted by atomic mass is 10.0. The standard InChI is InChI=1S/C17H21N3O3S3/c1-12-7-9-14(10-8-12)26(22,23)11-15(21)18-16-19-20-17(25-16)24-13-5-3-2-4-6-13/h7-10,13H,2-6,11H2,1H3,(H,18,19,21). The zero-order valence-corrected chi connectivity index (χ0v) is 16.9. The molecule has 1 heterocycles. The lowest BCUT2D eigenvalue weighted by Gasteiger charge is -2.19. The van der Waals surface area contributed by atoms with Crippen molar-refractivity contribution < 1.29 is 13.2 Å². The highest BCUT2D eigenvalue weighted by atomic mass is 32.2. The Bertz CT molecular complexity index is 857. The third kappa shape index (κ3) is 5.28. The third-order valence-electron chi connectivity index (χ3n) is 4.17. The van der Waals surface area contributed by atoms with Crippen molar-refractivity contribution >= 4 is 44.0 Å². The minimum absolute atomic E-state index is 0.143. The molecule has 140 valence electrons. The van der Waals surface area contributed by atoms with Crippen molar-refractivity contribution in [1.29, 1.82) is 0 Å². The Morgan fingerprint density at radius 1 is 1.19 bits per heavy atom. The van der Waals surface area contributed by atoms with E-state index in [0.29, 0.717) is 10.4 Å². The first-order valence-corrected chi connectivity index (χ1v) is 11.9. The molecule has 0 radical (unpaired) electrons. The largest absolute Gasteiger partial charge is 0.300 e. The number of hydrogen-bond donors (Lipinski definition) is 1. The average Bonchev–Trinajstić information content (AvgIpc) is 3.02. The number of sulfone groups is 1. The number of thioether (sulfide) groups is 1. The topological polar surface area (TPSA) is 89.0 Å². The number of nitrogens with zero attached hydrogens (tertiary/aromatic N) is 2. The van der Waals surface area contributed by atoms with Crippen molar-refractivity contribution in [3.63, 3.8) is 0 Å². The van der Waals surface area contributed by atoms with Gasteiger partial charge in [0.05, 0.1) is 4.90 Å². The number of anilines is 1. The fourth-order valence-electron chi connectivity index (χ4n) is 2.79. The van der Waals surface area contributed by atoms with E-state index in [9.17, 15) is 13.2 Å². The molecule has 1 aromatic heterocycles. The number of nitrogens with one attached hydrogen (secondary N) is 1. The van der Waals surface area contributed by atoms with Crippen molar-refractivity contribution in [2.24, 2.45) is 0 Å². The van der Waals surface area contributed by atoms with Crippen molar-refractivity contribution in [3.05, 3.63) is 29.8 Å². The molecule has 1 N–H and O–H groups in total. The Kier molecular flexibility index (Phi) is 6.31. The number of benzene rings is 1. The second-order valence-electron chi connectivity index (χ2n) is 6.37. The lowest BCUT2D eigenvalue weighted by Crippen LogP contribution is -2.23. The molecular weight excluding hydrogens is 390 g/mol. The van der Waals surface area contributed by atoms with E-state index in [-0.39, 0.29) is 4.90 Å². The van der Waals surface area contributed by atoms with Gasteiger partial charge in [-0.15, -0.1) is 10.2 Å². The molecule has 1 saturated carbocycles. The highest BCUT2D eigenvalue weighted by Gasteiger charge is 2.21. The summed E-state index contributed by atoms with van der Waals surface area (Å²) in [6, 6.07) is 6.46. The molecule has 9 heteroatoms. The van der Waals surface area contributed by atoms with Crippen LogP contribution >= 0.6 is 23.1 Å². The molecule has 0 aliphatic heterocycles. The fourth-order valence-corrected chi connectivity index (χ4v) is 6.20. The zero-order valence-electron chi connectivity index (χ0n) is 14.5. The van der Waals surface area contributed by atoms with Gasteiger partial charge in [-0.05, 0) is 31.9 Å². The molecule has 0 atom stereocenters. The lowest BCUT2D eigenvalue weighted by molar-refractivity contribution is -0.113. The molecule has 1 aliphatic carbocycles. The summed E-state index contributed by atoms with van der Waals surface area (Å²) in [7, 11) is -3.67. The van der Waals surface area contributed by atoms with Gasteiger partial charge < -0.3 is 0 Å². The van der Waals surface area contributed by atoms with Crippen LogP contribution in [-0.2, 0) is 14.6 Å². The first-order chi connectivity index (χ1) is 12.4. The highest BCUT2D eigenvalue weighted by Crippen LogP contribution is 2.35. The Morgan fingerprint density at radius 2 is 1.88 bits per heavy atom. The minimum Gasteiger partial charge on any atom is -0.300 e. The maximum absolute atomic E-state index is 12.3. The van der Waals surface area contributed by atoms with Crippen LogP contribution in [0.25, 0.3) is 0 Å². The Balaban J connectivity index is 1.57. The van der Waals surface area contributed by atoms with E-state index in [1.54, 1.807) is 23.9 Å². The maximum atomic E-state index is 12.3. The summed E-state index contributed by atoms with van der Waals surface area (Å²) in [6.07, 6.45) is 6.15. The van der Waals surface area contributed by atoms with E-state index < -0.39 is 21.5 Å². The number of carbonyl (C=O) groups is 1. The molecule has 3 rings (SSSR count). The second kappa shape index (κ2) is 8.49. The van der Waals surface area contributed by atoms with Crippen LogP contribution in [0.4, 0.5) is 5.13 Å². The third-order valence-corrected chi connectivity index (χ3v) is 8.07. The zero-order chi connectivity index (χ0) is 18.6. The summed E-state index contributed by atoms with van der Waals surface area (Å²) in [6.45, 7) is 1.88. The van der Waals surface area contributed by atoms with Crippen LogP contribution in [0.1, 0.15) is 37.7 Å². The van der Waals surface area contributed by atoms with E-state index in [0.717, 1.165) is 9.90 Å². The Labute approximate surface area is 161 Å². The van der Waals surface area contributed by atoms with Crippen LogP contribution in [0, 0.1) is 6.92 Å². The van der Waals surface area contributed by atoms with Gasteiger partial charge in [0.25, 0.3) is 0 Å². The van der Waals surface area contributed by atoms with E-state index >= 15 is 0 Å². The number of amides is 1. The normalized spacial score (nSPS) is 15.7. The molecular formula is C17H21N3O3S3. The van der Waals surface area contributed by atoms with Crippen molar-refractivity contribution in [2.45, 2.75) is 53.5 Å². The molecule has 2 aromatic rings. The Morgan fingerprint density at radius 3 is 2.58 bits per heavy atom. The summed E-state index contributed by atoms with van der Waals surface area (Å²) in [5.74, 6) is -1.21. The molecule has 1 aromatic carbocycles. The predicted octanol–water partition coefficient (Wildman–Crippen LogP) is 3.68. The Hall–Kier alpha value is -1.45. The van der Waals surface area contributed by atoms with Gasteiger partial charge in [0.1, 0.15) is 5.75 Å². The van der Waals surface area contributed by atoms with E-state index in [1.165, 1.54) is 55.6 Å². The van der Waals surface area contributed by atoms with Gasteiger partial charge >= 0.3 is 0 Å².